The summed E-state index contributed by atoms with van der Waals surface area (Å²) in [4.78, 5) is 10.4. The number of benzene rings is 1. The molecule has 14 heavy (non-hydrogen) atoms. The molecule has 4 nitrogen and oxygen atoms in total. The van der Waals surface area contributed by atoms with Crippen molar-refractivity contribution < 1.29 is 19.2 Å². The van der Waals surface area contributed by atoms with Crippen molar-refractivity contribution in [3.63, 3.8) is 0 Å². The molecule has 0 radical (unpaired) electrons. The number of rotatable bonds is 2. The van der Waals surface area contributed by atoms with Crippen molar-refractivity contribution >= 4 is 13.3 Å². The number of hydrogen-bond acceptors (Lipinski definition) is 3. The van der Waals surface area contributed by atoms with Gasteiger partial charge < -0.3 is 15.8 Å². The van der Waals surface area contributed by atoms with Gasteiger partial charge in [-0.2, -0.15) is 0 Å². The first-order valence-corrected chi connectivity index (χ1v) is 3.85. The van der Waals surface area contributed by atoms with Crippen LogP contribution in [0.3, 0.4) is 0 Å². The van der Waals surface area contributed by atoms with Crippen molar-refractivity contribution in [3.8, 4) is 0 Å². The molecule has 0 heterocycles. The number of nitrogens with two attached hydrogens (primary N) is 1. The van der Waals surface area contributed by atoms with E-state index in [-0.39, 0.29) is 5.91 Å². The van der Waals surface area contributed by atoms with Crippen molar-refractivity contribution in [2.45, 2.75) is 6.42 Å². The van der Waals surface area contributed by atoms with E-state index >= 15 is 0 Å². The fraction of sp³-hybridized carbons (Fsp3) is 0.125. The Labute approximate surface area is 81.4 Å². The van der Waals surface area contributed by atoms with Crippen molar-refractivity contribution in [1.29, 1.82) is 0 Å². The molecule has 0 aromatic heterocycles. The first-order chi connectivity index (χ1) is 6.52. The Morgan fingerprint density at radius 2 is 1.79 bits per heavy atom. The minimum atomic E-state index is -2.67. The summed E-state index contributed by atoms with van der Waals surface area (Å²) in [6.07, 6.45) is 0.334. The highest BCUT2D eigenvalue weighted by Crippen LogP contribution is 1.97. The predicted octanol–water partition coefficient (Wildman–Crippen LogP) is -0.360. The van der Waals surface area contributed by atoms with Crippen molar-refractivity contribution in [2.24, 2.45) is 5.73 Å². The van der Waals surface area contributed by atoms with Gasteiger partial charge in [0.05, 0.1) is 6.42 Å². The molecule has 1 rings (SSSR count). The van der Waals surface area contributed by atoms with E-state index in [1.165, 1.54) is 0 Å². The van der Waals surface area contributed by atoms with Gasteiger partial charge in [-0.3, -0.25) is 9.11 Å². The molecule has 6 heteroatoms. The molecule has 1 amide bonds. The number of primary amides is 1. The highest BCUT2D eigenvalue weighted by molar-refractivity contribution is 6.31. The third-order valence-electron chi connectivity index (χ3n) is 1.22. The molecule has 1 aromatic rings. The van der Waals surface area contributed by atoms with Crippen LogP contribution in [0.5, 0.6) is 0 Å². The molecule has 0 unspecified atom stereocenters. The summed E-state index contributed by atoms with van der Waals surface area (Å²) in [7, 11) is -2.67. The molecule has 1 aromatic carbocycles. The van der Waals surface area contributed by atoms with Crippen LogP contribution in [0.4, 0.5) is 4.32 Å². The Morgan fingerprint density at radius 3 is 2.14 bits per heavy atom. The van der Waals surface area contributed by atoms with Crippen LogP contribution >= 0.6 is 0 Å². The molecule has 0 aliphatic heterocycles. The van der Waals surface area contributed by atoms with E-state index in [0.29, 0.717) is 6.42 Å². The smallest absolute Gasteiger partial charge is 0.398 e. The predicted molar refractivity (Wildman–Crippen MR) is 50.6 cm³/mol. The van der Waals surface area contributed by atoms with Gasteiger partial charge in [0, 0.05) is 0 Å². The summed E-state index contributed by atoms with van der Waals surface area (Å²) in [5.41, 5.74) is 5.95. The Bertz CT molecular complexity index is 266. The van der Waals surface area contributed by atoms with Crippen LogP contribution in [-0.4, -0.2) is 23.4 Å². The molecule has 4 N–H and O–H groups in total. The summed E-state index contributed by atoms with van der Waals surface area (Å²) in [5.74, 6) is -0.286. The fourth-order valence-corrected chi connectivity index (χ4v) is 0.797. The molecule has 0 bridgehead atoms. The third-order valence-corrected chi connectivity index (χ3v) is 1.22. The second-order valence-corrected chi connectivity index (χ2v) is 2.44. The van der Waals surface area contributed by atoms with Crippen LogP contribution in [0.2, 0.25) is 0 Å². The molecular formula is C8H11BFNO3. The first-order valence-electron chi connectivity index (χ1n) is 3.85. The lowest BCUT2D eigenvalue weighted by molar-refractivity contribution is -0.117. The Morgan fingerprint density at radius 1 is 1.36 bits per heavy atom. The highest BCUT2D eigenvalue weighted by Gasteiger charge is 1.97. The summed E-state index contributed by atoms with van der Waals surface area (Å²) in [6, 6.07) is 9.44. The largest absolute Gasteiger partial charge is 0.674 e. The molecule has 0 aliphatic carbocycles. The van der Waals surface area contributed by atoms with Crippen LogP contribution < -0.4 is 5.73 Å². The fourth-order valence-electron chi connectivity index (χ4n) is 0.797. The van der Waals surface area contributed by atoms with Gasteiger partial charge in [-0.25, -0.2) is 0 Å². The topological polar surface area (TPSA) is 83.6 Å². The highest BCUT2D eigenvalue weighted by atomic mass is 19.1. The minimum absolute atomic E-state index is 0.286. The molecule has 0 atom stereocenters. The second-order valence-electron chi connectivity index (χ2n) is 2.44. The summed E-state index contributed by atoms with van der Waals surface area (Å²) in [5, 5.41) is 13.9. The lowest BCUT2D eigenvalue weighted by atomic mass is 10.1. The second kappa shape index (κ2) is 7.05. The van der Waals surface area contributed by atoms with Crippen LogP contribution in [0, 0.1) is 0 Å². The maximum absolute atomic E-state index is 10.4. The standard InChI is InChI=1S/C8H9NO.BFH2O2/c9-8(10)6-7-4-2-1-3-5-7;2-1(3)4/h1-5H,6H2,(H2,9,10);3-4H. The van der Waals surface area contributed by atoms with Crippen molar-refractivity contribution in [2.75, 3.05) is 0 Å². The van der Waals surface area contributed by atoms with E-state index in [1.54, 1.807) is 0 Å². The van der Waals surface area contributed by atoms with E-state index in [4.69, 9.17) is 15.8 Å². The van der Waals surface area contributed by atoms with Gasteiger partial charge in [-0.1, -0.05) is 30.3 Å². The van der Waals surface area contributed by atoms with E-state index in [0.717, 1.165) is 5.56 Å². The third kappa shape index (κ3) is 8.70. The zero-order valence-electron chi connectivity index (χ0n) is 7.43. The Hall–Kier alpha value is -1.40. The Kier molecular flexibility index (Phi) is 6.35. The van der Waals surface area contributed by atoms with Crippen molar-refractivity contribution in [3.05, 3.63) is 35.9 Å². The van der Waals surface area contributed by atoms with Gasteiger partial charge in [0.2, 0.25) is 5.91 Å². The van der Waals surface area contributed by atoms with Crippen LogP contribution in [-0.2, 0) is 11.2 Å². The van der Waals surface area contributed by atoms with Gasteiger partial charge in [-0.05, 0) is 5.56 Å². The summed E-state index contributed by atoms with van der Waals surface area (Å²) < 4.78 is 10.1. The average molecular weight is 199 g/mol. The Balaban J connectivity index is 0.000000364. The van der Waals surface area contributed by atoms with Crippen LogP contribution in [0.25, 0.3) is 0 Å². The van der Waals surface area contributed by atoms with Gasteiger partial charge in [0.15, 0.2) is 0 Å². The summed E-state index contributed by atoms with van der Waals surface area (Å²) in [6.45, 7) is 0. The average Bonchev–Trinajstić information content (AvgIpc) is 2.03. The van der Waals surface area contributed by atoms with Crippen LogP contribution in [0.15, 0.2) is 30.3 Å². The quantitative estimate of drug-likeness (QED) is 0.568. The molecule has 0 saturated heterocycles. The monoisotopic (exact) mass is 199 g/mol. The molecular weight excluding hydrogens is 188 g/mol. The van der Waals surface area contributed by atoms with Crippen molar-refractivity contribution in [1.82, 2.24) is 0 Å². The minimum Gasteiger partial charge on any atom is -0.398 e. The zero-order valence-corrected chi connectivity index (χ0v) is 7.43. The van der Waals surface area contributed by atoms with Gasteiger partial charge >= 0.3 is 7.40 Å². The number of carbonyl (C=O) groups is 1. The SMILES string of the molecule is NC(=O)Cc1ccccc1.OB(O)F. The van der Waals surface area contributed by atoms with E-state index in [1.807, 2.05) is 30.3 Å². The van der Waals surface area contributed by atoms with Gasteiger partial charge in [0.1, 0.15) is 0 Å². The number of carbonyl (C=O) groups excluding carboxylic acids is 1. The zero-order chi connectivity index (χ0) is 11.0. The number of hydrogen-bond donors (Lipinski definition) is 3. The molecule has 0 saturated carbocycles. The molecule has 0 spiro atoms. The molecule has 76 valence electrons. The molecule has 0 fully saturated rings. The normalized spacial score (nSPS) is 8.50. The van der Waals surface area contributed by atoms with E-state index < -0.39 is 7.40 Å². The number of halogens is 1. The van der Waals surface area contributed by atoms with Crippen LogP contribution in [0.1, 0.15) is 5.56 Å². The molecule has 0 aliphatic rings. The van der Waals surface area contributed by atoms with E-state index in [9.17, 15) is 9.11 Å². The van der Waals surface area contributed by atoms with Gasteiger partial charge in [-0.15, -0.1) is 0 Å². The van der Waals surface area contributed by atoms with Gasteiger partial charge in [0.25, 0.3) is 0 Å². The van der Waals surface area contributed by atoms with E-state index in [2.05, 4.69) is 0 Å². The maximum atomic E-state index is 10.4. The first kappa shape index (κ1) is 12.6. The maximum Gasteiger partial charge on any atom is 0.674 e. The lowest BCUT2D eigenvalue weighted by Crippen LogP contribution is -2.13. The lowest BCUT2D eigenvalue weighted by Gasteiger charge is -1.93. The summed E-state index contributed by atoms with van der Waals surface area (Å²) >= 11 is 0. The number of amides is 1.